The molecule has 0 aliphatic heterocycles. The topological polar surface area (TPSA) is 93.3 Å². The van der Waals surface area contributed by atoms with Gasteiger partial charge in [0, 0.05) is 6.04 Å². The Morgan fingerprint density at radius 2 is 1.85 bits per heavy atom. The van der Waals surface area contributed by atoms with Crippen LogP contribution in [0.25, 0.3) is 11.0 Å². The number of aromatic nitrogens is 3. The van der Waals surface area contributed by atoms with E-state index in [1.54, 1.807) is 12.1 Å². The van der Waals surface area contributed by atoms with Crippen LogP contribution in [0.3, 0.4) is 0 Å². The third-order valence-corrected chi connectivity index (χ3v) is 5.28. The molecular weight excluding hydrogens is 425 g/mol. The summed E-state index contributed by atoms with van der Waals surface area (Å²) in [6, 6.07) is 15.1. The highest BCUT2D eigenvalue weighted by molar-refractivity contribution is 5.89. The largest absolute Gasteiger partial charge is 0.467 e. The molecule has 0 saturated heterocycles. The number of halogens is 1. The summed E-state index contributed by atoms with van der Waals surface area (Å²) in [6.07, 6.45) is 1.52. The van der Waals surface area contributed by atoms with Crippen LogP contribution in [-0.4, -0.2) is 37.7 Å². The van der Waals surface area contributed by atoms with Gasteiger partial charge >= 0.3 is 0 Å². The number of rotatable bonds is 8. The van der Waals surface area contributed by atoms with Crippen LogP contribution in [-0.2, 0) is 22.7 Å². The Morgan fingerprint density at radius 1 is 1.09 bits per heavy atom. The summed E-state index contributed by atoms with van der Waals surface area (Å²) in [5.74, 6) is -0.561. The fraction of sp³-hybridized carbons (Fsp3) is 0.250. The summed E-state index contributed by atoms with van der Waals surface area (Å²) in [7, 11) is 0. The Bertz CT molecular complexity index is 1230. The monoisotopic (exact) mass is 449 g/mol. The lowest BCUT2D eigenvalue weighted by atomic mass is 10.0. The molecule has 2 amide bonds. The predicted molar refractivity (Wildman–Crippen MR) is 119 cm³/mol. The molecule has 1 atom stereocenters. The van der Waals surface area contributed by atoms with Crippen molar-refractivity contribution in [3.05, 3.63) is 84.1 Å². The highest BCUT2D eigenvalue weighted by Crippen LogP contribution is 2.25. The molecule has 0 saturated carbocycles. The molecule has 4 rings (SSSR count). The number of amides is 2. The SMILES string of the molecule is CC(C)N(C(=O)Cn1nnc2ccccc21)[C@H](C(=O)NCc1ccco1)c1ccc(F)cc1. The molecule has 33 heavy (non-hydrogen) atoms. The van der Waals surface area contributed by atoms with Crippen LogP contribution < -0.4 is 5.32 Å². The Balaban J connectivity index is 1.64. The molecule has 0 spiro atoms. The van der Waals surface area contributed by atoms with Crippen molar-refractivity contribution in [1.82, 2.24) is 25.2 Å². The van der Waals surface area contributed by atoms with E-state index in [9.17, 15) is 14.0 Å². The molecule has 1 N–H and O–H groups in total. The van der Waals surface area contributed by atoms with Crippen molar-refractivity contribution in [3.63, 3.8) is 0 Å². The van der Waals surface area contributed by atoms with Gasteiger partial charge in [0.25, 0.3) is 0 Å². The number of benzene rings is 2. The third kappa shape index (κ3) is 4.92. The van der Waals surface area contributed by atoms with Gasteiger partial charge in [0.05, 0.1) is 18.3 Å². The summed E-state index contributed by atoms with van der Waals surface area (Å²) in [5, 5.41) is 11.0. The van der Waals surface area contributed by atoms with Crippen LogP contribution in [0.15, 0.2) is 71.3 Å². The highest BCUT2D eigenvalue weighted by Gasteiger charge is 2.33. The van der Waals surface area contributed by atoms with Gasteiger partial charge in [-0.1, -0.05) is 29.5 Å². The second-order valence-corrected chi connectivity index (χ2v) is 7.88. The van der Waals surface area contributed by atoms with Crippen molar-refractivity contribution in [2.75, 3.05) is 0 Å². The van der Waals surface area contributed by atoms with Crippen molar-refractivity contribution >= 4 is 22.8 Å². The maximum atomic E-state index is 13.6. The average Bonchev–Trinajstić information content (AvgIpc) is 3.46. The standard InChI is InChI=1S/C24H24FN5O3/c1-16(2)30(22(31)15-29-21-8-4-3-7-20(21)27-28-29)23(17-9-11-18(25)12-10-17)24(32)26-14-19-6-5-13-33-19/h3-13,16,23H,14-15H2,1-2H3,(H,26,32)/t23-/m0/s1. The minimum Gasteiger partial charge on any atom is -0.467 e. The number of fused-ring (bicyclic) bond motifs is 1. The molecule has 9 heteroatoms. The van der Waals surface area contributed by atoms with E-state index in [-0.39, 0.29) is 25.0 Å². The second kappa shape index (κ2) is 9.64. The lowest BCUT2D eigenvalue weighted by molar-refractivity contribution is -0.143. The minimum atomic E-state index is -0.970. The average molecular weight is 449 g/mol. The minimum absolute atomic E-state index is 0.0954. The van der Waals surface area contributed by atoms with Crippen molar-refractivity contribution in [1.29, 1.82) is 0 Å². The first-order valence-electron chi connectivity index (χ1n) is 10.6. The fourth-order valence-electron chi connectivity index (χ4n) is 3.74. The van der Waals surface area contributed by atoms with Gasteiger partial charge < -0.3 is 14.6 Å². The predicted octanol–water partition coefficient (Wildman–Crippen LogP) is 3.46. The van der Waals surface area contributed by atoms with Crippen LogP contribution >= 0.6 is 0 Å². The summed E-state index contributed by atoms with van der Waals surface area (Å²) < 4.78 is 20.4. The zero-order valence-corrected chi connectivity index (χ0v) is 18.3. The molecule has 0 unspecified atom stereocenters. The van der Waals surface area contributed by atoms with E-state index >= 15 is 0 Å². The number of nitrogens with zero attached hydrogens (tertiary/aromatic N) is 4. The van der Waals surface area contributed by atoms with E-state index in [2.05, 4.69) is 15.6 Å². The van der Waals surface area contributed by atoms with E-state index in [1.807, 2.05) is 38.1 Å². The first kappa shape index (κ1) is 22.2. The van der Waals surface area contributed by atoms with E-state index in [1.165, 1.54) is 40.1 Å². The summed E-state index contributed by atoms with van der Waals surface area (Å²) in [6.45, 7) is 3.72. The van der Waals surface area contributed by atoms with Crippen molar-refractivity contribution in [2.24, 2.45) is 0 Å². The van der Waals surface area contributed by atoms with Gasteiger partial charge in [0.2, 0.25) is 11.8 Å². The smallest absolute Gasteiger partial charge is 0.247 e. The molecule has 0 radical (unpaired) electrons. The number of para-hydroxylation sites is 1. The van der Waals surface area contributed by atoms with E-state index < -0.39 is 17.8 Å². The van der Waals surface area contributed by atoms with Gasteiger partial charge in [-0.2, -0.15) is 0 Å². The summed E-state index contributed by atoms with van der Waals surface area (Å²) in [5.41, 5.74) is 1.89. The van der Waals surface area contributed by atoms with Gasteiger partial charge in [0.15, 0.2) is 0 Å². The van der Waals surface area contributed by atoms with E-state index in [0.717, 1.165) is 5.52 Å². The Kier molecular flexibility index (Phi) is 6.48. The van der Waals surface area contributed by atoms with Crippen LogP contribution in [0.1, 0.15) is 31.2 Å². The molecular formula is C24H24FN5O3. The van der Waals surface area contributed by atoms with E-state index in [0.29, 0.717) is 16.8 Å². The summed E-state index contributed by atoms with van der Waals surface area (Å²) >= 11 is 0. The maximum Gasteiger partial charge on any atom is 0.247 e. The quantitative estimate of drug-likeness (QED) is 0.445. The van der Waals surface area contributed by atoms with Gasteiger partial charge in [-0.25, -0.2) is 9.07 Å². The van der Waals surface area contributed by atoms with Crippen molar-refractivity contribution in [3.8, 4) is 0 Å². The molecule has 170 valence electrons. The molecule has 8 nitrogen and oxygen atoms in total. The normalized spacial score (nSPS) is 12.1. The van der Waals surface area contributed by atoms with E-state index in [4.69, 9.17) is 4.42 Å². The van der Waals surface area contributed by atoms with Crippen LogP contribution in [0, 0.1) is 5.82 Å². The van der Waals surface area contributed by atoms with Gasteiger partial charge in [0.1, 0.15) is 29.7 Å². The number of carbonyl (C=O) groups is 2. The first-order valence-corrected chi connectivity index (χ1v) is 10.6. The molecule has 0 aliphatic carbocycles. The maximum absolute atomic E-state index is 13.6. The molecule has 0 fully saturated rings. The van der Waals surface area contributed by atoms with Crippen LogP contribution in [0.2, 0.25) is 0 Å². The molecule has 0 bridgehead atoms. The molecule has 4 aromatic rings. The number of carbonyl (C=O) groups excluding carboxylic acids is 2. The number of hydrogen-bond acceptors (Lipinski definition) is 5. The first-order chi connectivity index (χ1) is 15.9. The molecule has 2 aromatic carbocycles. The number of furan rings is 1. The van der Waals surface area contributed by atoms with Crippen LogP contribution in [0.4, 0.5) is 4.39 Å². The third-order valence-electron chi connectivity index (χ3n) is 5.28. The fourth-order valence-corrected chi connectivity index (χ4v) is 3.74. The Hall–Kier alpha value is -4.01. The van der Waals surface area contributed by atoms with Gasteiger partial charge in [-0.3, -0.25) is 9.59 Å². The lowest BCUT2D eigenvalue weighted by Crippen LogP contribution is -2.48. The highest BCUT2D eigenvalue weighted by atomic mass is 19.1. The summed E-state index contributed by atoms with van der Waals surface area (Å²) in [4.78, 5) is 28.3. The van der Waals surface area contributed by atoms with Crippen LogP contribution in [0.5, 0.6) is 0 Å². The number of hydrogen-bond donors (Lipinski definition) is 1. The Morgan fingerprint density at radius 3 is 2.55 bits per heavy atom. The molecule has 0 aliphatic rings. The van der Waals surface area contributed by atoms with Crippen molar-refractivity contribution < 1.29 is 18.4 Å². The zero-order chi connectivity index (χ0) is 23.4. The molecule has 2 heterocycles. The zero-order valence-electron chi connectivity index (χ0n) is 18.3. The second-order valence-electron chi connectivity index (χ2n) is 7.88. The number of nitrogens with one attached hydrogen (secondary N) is 1. The Labute approximate surface area is 190 Å². The van der Waals surface area contributed by atoms with Gasteiger partial charge in [-0.05, 0) is 55.8 Å². The van der Waals surface area contributed by atoms with Crippen molar-refractivity contribution in [2.45, 2.75) is 39.0 Å². The lowest BCUT2D eigenvalue weighted by Gasteiger charge is -2.34. The van der Waals surface area contributed by atoms with Gasteiger partial charge in [-0.15, -0.1) is 5.10 Å². The molecule has 2 aromatic heterocycles.